The van der Waals surface area contributed by atoms with E-state index in [1.165, 1.54) is 0 Å². The zero-order chi connectivity index (χ0) is 14.5. The molecule has 0 saturated carbocycles. The second kappa shape index (κ2) is 6.32. The van der Waals surface area contributed by atoms with Crippen LogP contribution < -0.4 is 0 Å². The third-order valence-electron chi connectivity index (χ3n) is 3.28. The second-order valence-electron chi connectivity index (χ2n) is 4.79. The maximum atomic E-state index is 12.3. The molecule has 2 rings (SSSR count). The lowest BCUT2D eigenvalue weighted by Crippen LogP contribution is -2.32. The van der Waals surface area contributed by atoms with Crippen LogP contribution in [0.15, 0.2) is 35.0 Å². The Kier molecular flexibility index (Phi) is 4.50. The Morgan fingerprint density at radius 1 is 1.45 bits per heavy atom. The fraction of sp³-hybridized carbons (Fsp3) is 0.400. The molecule has 5 heteroatoms. The molecule has 0 aliphatic rings. The molecule has 1 atom stereocenters. The van der Waals surface area contributed by atoms with Gasteiger partial charge in [0.2, 0.25) is 5.91 Å². The lowest BCUT2D eigenvalue weighted by Gasteiger charge is -2.26. The van der Waals surface area contributed by atoms with E-state index in [-0.39, 0.29) is 18.4 Å². The maximum Gasteiger partial charge on any atom is 0.230 e. The minimum absolute atomic E-state index is 0.00125. The van der Waals surface area contributed by atoms with Crippen molar-refractivity contribution < 1.29 is 9.32 Å². The lowest BCUT2D eigenvalue weighted by atomic mass is 10.1. The molecular weight excluding hydrogens is 254 g/mol. The van der Waals surface area contributed by atoms with Crippen molar-refractivity contribution in [1.82, 2.24) is 15.0 Å². The Balaban J connectivity index is 2.08. The molecule has 0 saturated heterocycles. The van der Waals surface area contributed by atoms with Crippen molar-refractivity contribution >= 4 is 5.91 Å². The molecule has 20 heavy (non-hydrogen) atoms. The number of aromatic nitrogens is 2. The van der Waals surface area contributed by atoms with Crippen molar-refractivity contribution in [1.29, 1.82) is 0 Å². The van der Waals surface area contributed by atoms with Gasteiger partial charge in [0.1, 0.15) is 5.76 Å². The molecule has 0 fully saturated rings. The highest BCUT2D eigenvalue weighted by atomic mass is 16.5. The summed E-state index contributed by atoms with van der Waals surface area (Å²) in [6.45, 7) is 3.88. The van der Waals surface area contributed by atoms with E-state index in [1.54, 1.807) is 24.2 Å². The zero-order valence-electron chi connectivity index (χ0n) is 12.0. The largest absolute Gasteiger partial charge is 0.361 e. The van der Waals surface area contributed by atoms with Crippen LogP contribution in [0.2, 0.25) is 0 Å². The number of aryl methyl sites for hydroxylation is 1. The summed E-state index contributed by atoms with van der Waals surface area (Å²) in [5, 5.41) is 3.79. The van der Waals surface area contributed by atoms with Crippen LogP contribution in [0.25, 0.3) is 0 Å². The van der Waals surface area contributed by atoms with Gasteiger partial charge in [-0.05, 0) is 25.5 Å². The molecule has 106 valence electrons. The minimum atomic E-state index is -0.0206. The smallest absolute Gasteiger partial charge is 0.230 e. The summed E-state index contributed by atoms with van der Waals surface area (Å²) in [5.74, 6) is 0.592. The van der Waals surface area contributed by atoms with Crippen molar-refractivity contribution in [3.8, 4) is 0 Å². The van der Waals surface area contributed by atoms with E-state index in [4.69, 9.17) is 4.52 Å². The van der Waals surface area contributed by atoms with Crippen molar-refractivity contribution in [2.24, 2.45) is 0 Å². The Morgan fingerprint density at radius 3 is 2.80 bits per heavy atom. The predicted octanol–water partition coefficient (Wildman–Crippen LogP) is 2.53. The molecular formula is C15H19N3O2. The quantitative estimate of drug-likeness (QED) is 0.840. The average Bonchev–Trinajstić information content (AvgIpc) is 2.86. The number of hydrogen-bond donors (Lipinski definition) is 0. The Bertz CT molecular complexity index is 566. The number of pyridine rings is 1. The van der Waals surface area contributed by atoms with Gasteiger partial charge in [-0.15, -0.1) is 0 Å². The van der Waals surface area contributed by atoms with Crippen molar-refractivity contribution in [2.75, 3.05) is 7.05 Å². The van der Waals surface area contributed by atoms with Gasteiger partial charge in [-0.25, -0.2) is 0 Å². The molecule has 2 heterocycles. The molecule has 5 nitrogen and oxygen atoms in total. The number of carbonyl (C=O) groups excluding carboxylic acids is 1. The number of hydrogen-bond acceptors (Lipinski definition) is 4. The van der Waals surface area contributed by atoms with E-state index in [2.05, 4.69) is 10.1 Å². The van der Waals surface area contributed by atoms with Crippen LogP contribution in [0.1, 0.15) is 36.5 Å². The summed E-state index contributed by atoms with van der Waals surface area (Å²) in [4.78, 5) is 18.4. The van der Waals surface area contributed by atoms with Crippen LogP contribution in [-0.4, -0.2) is 28.0 Å². The van der Waals surface area contributed by atoms with Crippen molar-refractivity contribution in [2.45, 2.75) is 32.7 Å². The molecule has 2 aromatic heterocycles. The number of rotatable bonds is 5. The monoisotopic (exact) mass is 273 g/mol. The molecule has 0 bridgehead atoms. The third-order valence-corrected chi connectivity index (χ3v) is 3.28. The third kappa shape index (κ3) is 3.23. The van der Waals surface area contributed by atoms with Gasteiger partial charge in [0.25, 0.3) is 0 Å². The molecule has 0 radical (unpaired) electrons. The fourth-order valence-corrected chi connectivity index (χ4v) is 2.20. The summed E-state index contributed by atoms with van der Waals surface area (Å²) in [7, 11) is 1.80. The molecule has 2 aromatic rings. The van der Waals surface area contributed by atoms with E-state index in [1.807, 2.05) is 32.0 Å². The first-order chi connectivity index (χ1) is 9.61. The lowest BCUT2D eigenvalue weighted by molar-refractivity contribution is -0.131. The van der Waals surface area contributed by atoms with Crippen LogP contribution in [0.4, 0.5) is 0 Å². The Labute approximate surface area is 118 Å². The minimum Gasteiger partial charge on any atom is -0.361 e. The van der Waals surface area contributed by atoms with Crippen LogP contribution in [0.5, 0.6) is 0 Å². The van der Waals surface area contributed by atoms with Crippen LogP contribution in [0.3, 0.4) is 0 Å². The van der Waals surface area contributed by atoms with Gasteiger partial charge in [0.05, 0.1) is 23.9 Å². The first-order valence-corrected chi connectivity index (χ1v) is 6.70. The summed E-state index contributed by atoms with van der Waals surface area (Å²) in [6.07, 6.45) is 2.78. The van der Waals surface area contributed by atoms with Gasteiger partial charge >= 0.3 is 0 Å². The summed E-state index contributed by atoms with van der Waals surface area (Å²) in [5.41, 5.74) is 1.69. The summed E-state index contributed by atoms with van der Waals surface area (Å²) in [6, 6.07) is 7.51. The Morgan fingerprint density at radius 2 is 2.25 bits per heavy atom. The number of likely N-dealkylation sites (N-methyl/N-ethyl adjacent to an activating group) is 1. The van der Waals surface area contributed by atoms with E-state index in [9.17, 15) is 4.79 Å². The number of nitrogens with zero attached hydrogens (tertiary/aromatic N) is 3. The normalized spacial score (nSPS) is 12.2. The number of amides is 1. The topological polar surface area (TPSA) is 59.2 Å². The standard InChI is InChI=1S/C15H19N3O2/c1-4-14(13-7-5-6-8-16-13)18(3)15(19)10-12-9-11(2)17-20-12/h5-9,14H,4,10H2,1-3H3. The van der Waals surface area contributed by atoms with Crippen LogP contribution >= 0.6 is 0 Å². The van der Waals surface area contributed by atoms with E-state index < -0.39 is 0 Å². The van der Waals surface area contributed by atoms with Crippen molar-refractivity contribution in [3.05, 3.63) is 47.6 Å². The fourth-order valence-electron chi connectivity index (χ4n) is 2.20. The zero-order valence-corrected chi connectivity index (χ0v) is 12.0. The Hall–Kier alpha value is -2.17. The molecule has 1 amide bonds. The average molecular weight is 273 g/mol. The van der Waals surface area contributed by atoms with Gasteiger partial charge in [-0.1, -0.05) is 18.1 Å². The molecule has 0 aliphatic heterocycles. The molecule has 0 aromatic carbocycles. The van der Waals surface area contributed by atoms with E-state index in [0.29, 0.717) is 5.76 Å². The van der Waals surface area contributed by atoms with Crippen LogP contribution in [-0.2, 0) is 11.2 Å². The van der Waals surface area contributed by atoms with Gasteiger partial charge in [-0.3, -0.25) is 9.78 Å². The molecule has 0 N–H and O–H groups in total. The summed E-state index contributed by atoms with van der Waals surface area (Å²) < 4.78 is 5.09. The van der Waals surface area contributed by atoms with Gasteiger partial charge < -0.3 is 9.42 Å². The molecule has 0 aliphatic carbocycles. The maximum absolute atomic E-state index is 12.3. The SMILES string of the molecule is CCC(c1ccccn1)N(C)C(=O)Cc1cc(C)no1. The molecule has 1 unspecified atom stereocenters. The predicted molar refractivity (Wildman–Crippen MR) is 75.0 cm³/mol. The van der Waals surface area contributed by atoms with Crippen LogP contribution in [0, 0.1) is 6.92 Å². The van der Waals surface area contributed by atoms with Gasteiger partial charge in [0, 0.05) is 19.3 Å². The van der Waals surface area contributed by atoms with Gasteiger partial charge in [0.15, 0.2) is 0 Å². The van der Waals surface area contributed by atoms with Gasteiger partial charge in [-0.2, -0.15) is 0 Å². The summed E-state index contributed by atoms with van der Waals surface area (Å²) >= 11 is 0. The highest BCUT2D eigenvalue weighted by molar-refractivity contribution is 5.78. The second-order valence-corrected chi connectivity index (χ2v) is 4.79. The number of carbonyl (C=O) groups is 1. The first kappa shape index (κ1) is 14.2. The molecule has 0 spiro atoms. The highest BCUT2D eigenvalue weighted by Gasteiger charge is 2.22. The highest BCUT2D eigenvalue weighted by Crippen LogP contribution is 2.21. The van der Waals surface area contributed by atoms with Crippen molar-refractivity contribution in [3.63, 3.8) is 0 Å². The van der Waals surface area contributed by atoms with E-state index >= 15 is 0 Å². The van der Waals surface area contributed by atoms with E-state index in [0.717, 1.165) is 17.8 Å². The first-order valence-electron chi connectivity index (χ1n) is 6.70.